The molecule has 3 unspecified atom stereocenters. The van der Waals surface area contributed by atoms with Gasteiger partial charge in [0.25, 0.3) is 0 Å². The molecule has 0 bridgehead atoms. The first-order valence-electron chi connectivity index (χ1n) is 7.59. The summed E-state index contributed by atoms with van der Waals surface area (Å²) in [5, 5.41) is 9.26. The maximum Gasteiger partial charge on any atom is 0.191 e. The van der Waals surface area contributed by atoms with E-state index in [0.717, 1.165) is 43.9 Å². The van der Waals surface area contributed by atoms with Crippen LogP contribution in [0.4, 0.5) is 0 Å². The summed E-state index contributed by atoms with van der Waals surface area (Å²) in [6, 6.07) is 4.56. The summed E-state index contributed by atoms with van der Waals surface area (Å²) < 4.78 is 12.0. The molecule has 7 heteroatoms. The molecule has 0 aromatic carbocycles. The van der Waals surface area contributed by atoms with Crippen molar-refractivity contribution >= 4 is 52.1 Å². The number of guanidine groups is 1. The predicted octanol–water partition coefficient (Wildman–Crippen LogP) is 3.11. The van der Waals surface area contributed by atoms with Crippen molar-refractivity contribution in [2.45, 2.75) is 50.4 Å². The van der Waals surface area contributed by atoms with Gasteiger partial charge in [-0.05, 0) is 30.7 Å². The molecule has 0 saturated heterocycles. The maximum absolute atomic E-state index is 12.0. The minimum absolute atomic E-state index is 0. The Bertz CT molecular complexity index is 479. The number of aliphatic imine (C=N–C) groups is 1. The van der Waals surface area contributed by atoms with Gasteiger partial charge in [-0.3, -0.25) is 9.20 Å². The van der Waals surface area contributed by atoms with E-state index in [2.05, 4.69) is 33.1 Å². The third kappa shape index (κ3) is 6.16. The molecule has 2 rings (SSSR count). The highest BCUT2D eigenvalue weighted by atomic mass is 127. The highest BCUT2D eigenvalue weighted by Crippen LogP contribution is 2.23. The van der Waals surface area contributed by atoms with Gasteiger partial charge in [-0.25, -0.2) is 0 Å². The van der Waals surface area contributed by atoms with Gasteiger partial charge >= 0.3 is 0 Å². The van der Waals surface area contributed by atoms with E-state index in [1.165, 1.54) is 4.88 Å². The van der Waals surface area contributed by atoms with Crippen LogP contribution in [-0.4, -0.2) is 34.3 Å². The molecule has 1 fully saturated rings. The van der Waals surface area contributed by atoms with E-state index in [1.807, 2.05) is 6.92 Å². The lowest BCUT2D eigenvalue weighted by Gasteiger charge is -2.30. The van der Waals surface area contributed by atoms with Crippen molar-refractivity contribution in [3.8, 4) is 0 Å². The Morgan fingerprint density at radius 2 is 2.32 bits per heavy atom. The van der Waals surface area contributed by atoms with Crippen LogP contribution < -0.4 is 10.6 Å². The number of halogens is 1. The summed E-state index contributed by atoms with van der Waals surface area (Å²) in [7, 11) is 1.12. The molecule has 0 aliphatic heterocycles. The summed E-state index contributed by atoms with van der Waals surface area (Å²) in [6.07, 6.45) is 4.37. The molecule has 1 heterocycles. The van der Waals surface area contributed by atoms with Crippen LogP contribution in [0.2, 0.25) is 0 Å². The molecule has 0 amide bonds. The van der Waals surface area contributed by atoms with Gasteiger partial charge in [0, 0.05) is 39.8 Å². The van der Waals surface area contributed by atoms with Crippen molar-refractivity contribution in [3.63, 3.8) is 0 Å². The molecular weight excluding hydrogens is 429 g/mol. The molecule has 0 spiro atoms. The van der Waals surface area contributed by atoms with Crippen LogP contribution in [0.5, 0.6) is 0 Å². The molecule has 1 saturated carbocycles. The van der Waals surface area contributed by atoms with Gasteiger partial charge in [-0.15, -0.1) is 35.3 Å². The molecule has 1 aromatic rings. The Morgan fingerprint density at radius 1 is 1.50 bits per heavy atom. The van der Waals surface area contributed by atoms with Crippen LogP contribution in [0, 0.1) is 0 Å². The van der Waals surface area contributed by atoms with Crippen LogP contribution >= 0.6 is 35.3 Å². The zero-order valence-electron chi connectivity index (χ0n) is 13.2. The van der Waals surface area contributed by atoms with Gasteiger partial charge in [-0.1, -0.05) is 19.4 Å². The monoisotopic (exact) mass is 455 g/mol. The Kier molecular flexibility index (Phi) is 9.58. The maximum atomic E-state index is 12.0. The van der Waals surface area contributed by atoms with Gasteiger partial charge in [0.15, 0.2) is 5.96 Å². The lowest BCUT2D eigenvalue weighted by molar-refractivity contribution is 0.413. The number of rotatable bonds is 5. The average molecular weight is 455 g/mol. The first-order valence-corrected chi connectivity index (χ1v) is 9.85. The summed E-state index contributed by atoms with van der Waals surface area (Å²) >= 11 is 1.74. The molecular formula is C15H26IN3OS2. The molecule has 4 nitrogen and oxygen atoms in total. The highest BCUT2D eigenvalue weighted by molar-refractivity contribution is 14.0. The van der Waals surface area contributed by atoms with Gasteiger partial charge in [0.05, 0.1) is 6.54 Å². The standard InChI is InChI=1S/C15H25N3OS2.HI/c1-3-21(19)14-8-4-6-12(10-14)18-15(16-2)17-11-13-7-5-9-20-13;/h5,7,9,12,14H,3-4,6,8,10-11H2,1-2H3,(H2,16,17,18);1H. The minimum atomic E-state index is -0.678. The zero-order chi connectivity index (χ0) is 15.1. The number of nitrogens with one attached hydrogen (secondary N) is 2. The second-order valence-corrected chi connectivity index (χ2v) is 8.34. The smallest absolute Gasteiger partial charge is 0.191 e. The molecule has 0 radical (unpaired) electrons. The third-order valence-electron chi connectivity index (χ3n) is 3.86. The van der Waals surface area contributed by atoms with Crippen molar-refractivity contribution in [2.75, 3.05) is 12.8 Å². The van der Waals surface area contributed by atoms with E-state index < -0.39 is 10.8 Å². The van der Waals surface area contributed by atoms with Crippen molar-refractivity contribution in [3.05, 3.63) is 22.4 Å². The lowest BCUT2D eigenvalue weighted by Crippen LogP contribution is -2.46. The lowest BCUT2D eigenvalue weighted by atomic mass is 9.95. The van der Waals surface area contributed by atoms with Crippen molar-refractivity contribution in [1.29, 1.82) is 0 Å². The summed E-state index contributed by atoms with van der Waals surface area (Å²) in [5.74, 6) is 1.61. The van der Waals surface area contributed by atoms with Crippen molar-refractivity contribution in [1.82, 2.24) is 10.6 Å². The van der Waals surface area contributed by atoms with Crippen LogP contribution in [0.15, 0.2) is 22.5 Å². The summed E-state index contributed by atoms with van der Waals surface area (Å²) in [4.78, 5) is 5.59. The van der Waals surface area contributed by atoms with E-state index in [0.29, 0.717) is 11.3 Å². The third-order valence-corrected chi connectivity index (χ3v) is 6.47. The first-order chi connectivity index (χ1) is 10.2. The minimum Gasteiger partial charge on any atom is -0.354 e. The Hall–Kier alpha value is -0.150. The van der Waals surface area contributed by atoms with E-state index in [-0.39, 0.29) is 24.0 Å². The highest BCUT2D eigenvalue weighted by Gasteiger charge is 2.25. The molecule has 126 valence electrons. The molecule has 1 aromatic heterocycles. The fourth-order valence-electron chi connectivity index (χ4n) is 2.72. The molecule has 1 aliphatic rings. The quantitative estimate of drug-likeness (QED) is 0.408. The second kappa shape index (κ2) is 10.6. The summed E-state index contributed by atoms with van der Waals surface area (Å²) in [6.45, 7) is 2.81. The molecule has 2 N–H and O–H groups in total. The summed E-state index contributed by atoms with van der Waals surface area (Å²) in [5.41, 5.74) is 0. The molecule has 22 heavy (non-hydrogen) atoms. The Morgan fingerprint density at radius 3 is 2.95 bits per heavy atom. The first kappa shape index (κ1) is 19.9. The number of thiophene rings is 1. The topological polar surface area (TPSA) is 53.5 Å². The predicted molar refractivity (Wildman–Crippen MR) is 108 cm³/mol. The number of hydrogen-bond donors (Lipinski definition) is 2. The van der Waals surface area contributed by atoms with Crippen LogP contribution in [0.1, 0.15) is 37.5 Å². The SMILES string of the molecule is CCS(=O)C1CCCC(NC(=NC)NCc2cccs2)C1.I. The van der Waals surface area contributed by atoms with Crippen LogP contribution in [0.3, 0.4) is 0 Å². The van der Waals surface area contributed by atoms with Gasteiger partial charge < -0.3 is 10.6 Å². The Balaban J connectivity index is 0.00000242. The van der Waals surface area contributed by atoms with Crippen molar-refractivity contribution < 1.29 is 4.21 Å². The number of nitrogens with zero attached hydrogens (tertiary/aromatic N) is 1. The van der Waals surface area contributed by atoms with E-state index in [1.54, 1.807) is 18.4 Å². The van der Waals surface area contributed by atoms with E-state index in [9.17, 15) is 4.21 Å². The van der Waals surface area contributed by atoms with E-state index >= 15 is 0 Å². The fourth-order valence-corrected chi connectivity index (χ4v) is 4.72. The van der Waals surface area contributed by atoms with Crippen LogP contribution in [0.25, 0.3) is 0 Å². The van der Waals surface area contributed by atoms with E-state index in [4.69, 9.17) is 0 Å². The van der Waals surface area contributed by atoms with Crippen molar-refractivity contribution in [2.24, 2.45) is 4.99 Å². The van der Waals surface area contributed by atoms with Gasteiger partial charge in [-0.2, -0.15) is 0 Å². The van der Waals surface area contributed by atoms with Gasteiger partial charge in [0.2, 0.25) is 0 Å². The second-order valence-electron chi connectivity index (χ2n) is 5.30. The zero-order valence-corrected chi connectivity index (χ0v) is 17.2. The number of hydrogen-bond acceptors (Lipinski definition) is 3. The molecule has 3 atom stereocenters. The largest absolute Gasteiger partial charge is 0.354 e. The fraction of sp³-hybridized carbons (Fsp3) is 0.667. The average Bonchev–Trinajstić information content (AvgIpc) is 3.04. The van der Waals surface area contributed by atoms with Crippen LogP contribution in [-0.2, 0) is 17.3 Å². The normalized spacial score (nSPS) is 23.5. The molecule has 1 aliphatic carbocycles. The van der Waals surface area contributed by atoms with Gasteiger partial charge in [0.1, 0.15) is 0 Å². The Labute approximate surface area is 157 Å².